The number of anilines is 3. The van der Waals surface area contributed by atoms with Gasteiger partial charge in [-0.1, -0.05) is 54.6 Å². The van der Waals surface area contributed by atoms with E-state index in [0.717, 1.165) is 28.3 Å². The smallest absolute Gasteiger partial charge is 0.174 e. The summed E-state index contributed by atoms with van der Waals surface area (Å²) in [5.74, 6) is 1.65. The predicted molar refractivity (Wildman–Crippen MR) is 192 cm³/mol. The number of hydrogen-bond acceptors (Lipinski definition) is 5. The maximum atomic E-state index is 6.23. The van der Waals surface area contributed by atoms with Crippen LogP contribution in [-0.4, -0.2) is 0 Å². The van der Waals surface area contributed by atoms with Crippen molar-refractivity contribution in [2.24, 2.45) is 0 Å². The van der Waals surface area contributed by atoms with Crippen LogP contribution in [0.25, 0.3) is 51.9 Å². The van der Waals surface area contributed by atoms with Gasteiger partial charge in [0.05, 0.1) is 29.3 Å². The molecule has 1 spiro atoms. The van der Waals surface area contributed by atoms with Crippen molar-refractivity contribution in [3.8, 4) is 11.5 Å². The molecule has 0 amide bonds. The van der Waals surface area contributed by atoms with E-state index in [-0.39, 0.29) is 0 Å². The molecule has 0 saturated heterocycles. The summed E-state index contributed by atoms with van der Waals surface area (Å²) in [6.07, 6.45) is 3.65. The van der Waals surface area contributed by atoms with Crippen molar-refractivity contribution in [2.75, 3.05) is 4.90 Å². The Balaban J connectivity index is 1.35. The SMILES string of the molecule is Cc1cccc2c1sc1c(C)cc3c(c12)C1(c2ccccc2N3c2ccc3sc4ccccc4c3c2)c2ccoc2-c2occc21. The Morgan fingerprint density at radius 2 is 1.30 bits per heavy atom. The van der Waals surface area contributed by atoms with E-state index >= 15 is 0 Å². The molecule has 5 aromatic carbocycles. The molecule has 5 heteroatoms. The van der Waals surface area contributed by atoms with Crippen molar-refractivity contribution in [2.45, 2.75) is 19.3 Å². The lowest BCUT2D eigenvalue weighted by molar-refractivity contribution is 0.525. The molecule has 0 radical (unpaired) electrons. The van der Waals surface area contributed by atoms with Crippen molar-refractivity contribution < 1.29 is 8.83 Å². The minimum Gasteiger partial charge on any atom is -0.461 e. The highest BCUT2D eigenvalue weighted by atomic mass is 32.1. The Labute approximate surface area is 272 Å². The van der Waals surface area contributed by atoms with Crippen LogP contribution < -0.4 is 4.90 Å². The van der Waals surface area contributed by atoms with Crippen LogP contribution in [0.2, 0.25) is 0 Å². The minimum absolute atomic E-state index is 0.601. The monoisotopic (exact) mass is 627 g/mol. The predicted octanol–water partition coefficient (Wildman–Crippen LogP) is 12.4. The van der Waals surface area contributed by atoms with E-state index in [4.69, 9.17) is 8.83 Å². The van der Waals surface area contributed by atoms with E-state index in [9.17, 15) is 0 Å². The number of furan rings is 2. The highest BCUT2D eigenvalue weighted by Gasteiger charge is 2.56. The first-order valence-electron chi connectivity index (χ1n) is 15.6. The number of fused-ring (bicyclic) bond motifs is 16. The van der Waals surface area contributed by atoms with Crippen molar-refractivity contribution in [3.05, 3.63) is 149 Å². The third-order valence-corrected chi connectivity index (χ3v) is 12.9. The van der Waals surface area contributed by atoms with E-state index in [1.54, 1.807) is 0 Å². The lowest BCUT2D eigenvalue weighted by Crippen LogP contribution is -2.36. The average Bonchev–Trinajstić information content (AvgIpc) is 3.90. The number of hydrogen-bond donors (Lipinski definition) is 0. The summed E-state index contributed by atoms with van der Waals surface area (Å²) in [6, 6.07) is 38.2. The standard InChI is InChI=1S/C41H25NO2S2/c1-22-8-7-10-26-35-36-32(20-23(2)40(35)46-39(22)26)42(24-14-15-34-27(21-24)25-9-3-6-13-33(25)45-34)31-12-5-4-11-28(31)41(36)29-16-18-43-37(29)38-30(41)17-19-44-38/h3-21H,1-2H3. The topological polar surface area (TPSA) is 29.5 Å². The molecule has 218 valence electrons. The Morgan fingerprint density at radius 1 is 0.565 bits per heavy atom. The van der Waals surface area contributed by atoms with Gasteiger partial charge in [0.25, 0.3) is 0 Å². The average molecular weight is 628 g/mol. The van der Waals surface area contributed by atoms with E-state index in [1.807, 2.05) is 35.2 Å². The Kier molecular flexibility index (Phi) is 4.69. The molecule has 4 aromatic heterocycles. The van der Waals surface area contributed by atoms with E-state index in [2.05, 4.69) is 122 Å². The fraction of sp³-hybridized carbons (Fsp3) is 0.0732. The Hall–Kier alpha value is -5.10. The van der Waals surface area contributed by atoms with E-state index in [1.165, 1.54) is 74.0 Å². The fourth-order valence-electron chi connectivity index (χ4n) is 8.46. The number of benzene rings is 5. The highest BCUT2D eigenvalue weighted by Crippen LogP contribution is 2.66. The number of nitrogens with zero attached hydrogens (tertiary/aromatic N) is 1. The second-order valence-corrected chi connectivity index (χ2v) is 14.7. The number of rotatable bonds is 1. The molecule has 3 nitrogen and oxygen atoms in total. The lowest BCUT2D eigenvalue weighted by atomic mass is 9.64. The summed E-state index contributed by atoms with van der Waals surface area (Å²) in [6.45, 7) is 4.50. The molecule has 2 aliphatic rings. The van der Waals surface area contributed by atoms with Gasteiger partial charge in [0.1, 0.15) is 0 Å². The Bertz CT molecular complexity index is 2710. The normalized spacial score (nSPS) is 14.4. The fourth-order valence-corrected chi connectivity index (χ4v) is 10.8. The number of thiophene rings is 2. The summed E-state index contributed by atoms with van der Waals surface area (Å²) in [5, 5.41) is 5.22. The molecule has 0 bridgehead atoms. The second kappa shape index (κ2) is 8.58. The van der Waals surface area contributed by atoms with Gasteiger partial charge >= 0.3 is 0 Å². The van der Waals surface area contributed by atoms with Crippen LogP contribution in [0.4, 0.5) is 17.1 Å². The summed E-state index contributed by atoms with van der Waals surface area (Å²) in [5.41, 5.74) is 10.3. The third-order valence-electron chi connectivity index (χ3n) is 10.3. The van der Waals surface area contributed by atoms with E-state index in [0.29, 0.717) is 0 Å². The maximum Gasteiger partial charge on any atom is 0.174 e. The Morgan fingerprint density at radius 3 is 2.15 bits per heavy atom. The lowest BCUT2D eigenvalue weighted by Gasteiger charge is -2.44. The molecule has 5 heterocycles. The first kappa shape index (κ1) is 25.1. The third kappa shape index (κ3) is 2.85. The molecule has 46 heavy (non-hydrogen) atoms. The molecule has 11 rings (SSSR count). The molecule has 9 aromatic rings. The van der Waals surface area contributed by atoms with Crippen molar-refractivity contribution >= 4 is 80.1 Å². The summed E-state index contributed by atoms with van der Waals surface area (Å²) < 4.78 is 17.8. The zero-order chi connectivity index (χ0) is 30.3. The van der Waals surface area contributed by atoms with Crippen LogP contribution in [0, 0.1) is 13.8 Å². The van der Waals surface area contributed by atoms with Gasteiger partial charge in [-0.05, 0) is 79.1 Å². The summed E-state index contributed by atoms with van der Waals surface area (Å²) >= 11 is 3.78. The molecular formula is C41H25NO2S2. The summed E-state index contributed by atoms with van der Waals surface area (Å²) in [7, 11) is 0. The zero-order valence-electron chi connectivity index (χ0n) is 25.0. The van der Waals surface area contributed by atoms with Gasteiger partial charge in [-0.25, -0.2) is 0 Å². The molecule has 1 aliphatic carbocycles. The number of para-hydroxylation sites is 1. The van der Waals surface area contributed by atoms with E-state index < -0.39 is 5.41 Å². The van der Waals surface area contributed by atoms with Gasteiger partial charge in [0, 0.05) is 62.7 Å². The van der Waals surface area contributed by atoms with Gasteiger partial charge in [-0.15, -0.1) is 22.7 Å². The molecule has 0 unspecified atom stereocenters. The molecular weight excluding hydrogens is 603 g/mol. The highest BCUT2D eigenvalue weighted by molar-refractivity contribution is 7.26. The van der Waals surface area contributed by atoms with Crippen molar-refractivity contribution in [1.29, 1.82) is 0 Å². The molecule has 0 saturated carbocycles. The summed E-state index contributed by atoms with van der Waals surface area (Å²) in [4.78, 5) is 2.51. The zero-order valence-corrected chi connectivity index (χ0v) is 26.7. The minimum atomic E-state index is -0.601. The van der Waals surface area contributed by atoms with Crippen LogP contribution in [-0.2, 0) is 5.41 Å². The van der Waals surface area contributed by atoms with Crippen LogP contribution in [0.15, 0.2) is 124 Å². The van der Waals surface area contributed by atoms with Crippen LogP contribution in [0.1, 0.15) is 33.4 Å². The molecule has 0 fully saturated rings. The quantitative estimate of drug-likeness (QED) is 0.181. The van der Waals surface area contributed by atoms with Gasteiger partial charge < -0.3 is 13.7 Å². The van der Waals surface area contributed by atoms with Crippen LogP contribution in [0.5, 0.6) is 0 Å². The van der Waals surface area contributed by atoms with Gasteiger partial charge in [0.2, 0.25) is 0 Å². The largest absolute Gasteiger partial charge is 0.461 e. The maximum absolute atomic E-state index is 6.23. The van der Waals surface area contributed by atoms with Gasteiger partial charge in [0.15, 0.2) is 11.5 Å². The number of aryl methyl sites for hydroxylation is 2. The molecule has 1 aliphatic heterocycles. The van der Waals surface area contributed by atoms with Crippen molar-refractivity contribution in [1.82, 2.24) is 0 Å². The van der Waals surface area contributed by atoms with Gasteiger partial charge in [-0.2, -0.15) is 0 Å². The first-order chi connectivity index (χ1) is 22.6. The van der Waals surface area contributed by atoms with Crippen LogP contribution >= 0.6 is 22.7 Å². The first-order valence-corrected chi connectivity index (χ1v) is 17.2. The molecule has 0 atom stereocenters. The molecule has 0 N–H and O–H groups in total. The van der Waals surface area contributed by atoms with Gasteiger partial charge in [-0.3, -0.25) is 0 Å². The van der Waals surface area contributed by atoms with Crippen LogP contribution in [0.3, 0.4) is 0 Å². The second-order valence-electron chi connectivity index (χ2n) is 12.6. The van der Waals surface area contributed by atoms with Crippen molar-refractivity contribution in [3.63, 3.8) is 0 Å².